The lowest BCUT2D eigenvalue weighted by atomic mass is 9.99. The molecule has 0 aromatic heterocycles. The SMILES string of the molecule is COc1ccc(CN(c2ccc(C(=O)O)cc2)[C@H](C(=O)O)C(=O)c2cccc(CNC(=O)OC(C)(C)C)c2)c(OC)c1.NC(=O)c1ccc2c(c1)CCC2. The van der Waals surface area contributed by atoms with Gasteiger partial charge in [-0.2, -0.15) is 0 Å². The van der Waals surface area contributed by atoms with Gasteiger partial charge in [0.15, 0.2) is 11.8 Å². The molecule has 0 aliphatic heterocycles. The average Bonchev–Trinajstić information content (AvgIpc) is 3.61. The maximum absolute atomic E-state index is 13.8. The molecule has 0 unspecified atom stereocenters. The van der Waals surface area contributed by atoms with Crippen LogP contribution in [0.25, 0.3) is 0 Å². The average molecular weight is 740 g/mol. The molecule has 1 aliphatic rings. The van der Waals surface area contributed by atoms with Crippen molar-refractivity contribution in [1.29, 1.82) is 0 Å². The molecule has 2 amide bonds. The van der Waals surface area contributed by atoms with Gasteiger partial charge < -0.3 is 40.4 Å². The van der Waals surface area contributed by atoms with Crippen LogP contribution in [0.3, 0.4) is 0 Å². The zero-order valence-corrected chi connectivity index (χ0v) is 30.9. The first-order chi connectivity index (χ1) is 25.6. The number of methoxy groups -OCH3 is 2. The Morgan fingerprint density at radius 3 is 2.11 bits per heavy atom. The molecule has 0 heterocycles. The van der Waals surface area contributed by atoms with E-state index in [-0.39, 0.29) is 30.1 Å². The van der Waals surface area contributed by atoms with E-state index >= 15 is 0 Å². The second-order valence-electron chi connectivity index (χ2n) is 13.5. The number of benzene rings is 4. The quantitative estimate of drug-likeness (QED) is 0.0922. The molecule has 1 aliphatic carbocycles. The lowest BCUT2D eigenvalue weighted by Crippen LogP contribution is -2.47. The van der Waals surface area contributed by atoms with Crippen molar-refractivity contribution in [1.82, 2.24) is 5.32 Å². The van der Waals surface area contributed by atoms with Gasteiger partial charge in [0.25, 0.3) is 0 Å². The number of aryl methyl sites for hydroxylation is 2. The molecule has 13 nitrogen and oxygen atoms in total. The van der Waals surface area contributed by atoms with Crippen LogP contribution in [0, 0.1) is 0 Å². The molecule has 0 spiro atoms. The topological polar surface area (TPSA) is 195 Å². The number of nitrogens with zero attached hydrogens (tertiary/aromatic N) is 1. The number of aliphatic carboxylic acids is 1. The maximum atomic E-state index is 13.8. The van der Waals surface area contributed by atoms with Gasteiger partial charge in [-0.25, -0.2) is 14.4 Å². The summed E-state index contributed by atoms with van der Waals surface area (Å²) in [4.78, 5) is 62.2. The first kappa shape index (κ1) is 40.4. The molecule has 0 saturated heterocycles. The van der Waals surface area contributed by atoms with Gasteiger partial charge in [0.05, 0.1) is 19.8 Å². The Balaban J connectivity index is 0.000000453. The molecular weight excluding hydrogens is 694 g/mol. The second kappa shape index (κ2) is 17.9. The molecule has 5 N–H and O–H groups in total. The van der Waals surface area contributed by atoms with Crippen LogP contribution in [0.1, 0.15) is 80.5 Å². The summed E-state index contributed by atoms with van der Waals surface area (Å²) in [5.74, 6) is -2.66. The number of carbonyl (C=O) groups is 5. The van der Waals surface area contributed by atoms with Crippen molar-refractivity contribution >= 4 is 35.4 Å². The van der Waals surface area contributed by atoms with Crippen molar-refractivity contribution in [2.45, 2.75) is 64.8 Å². The predicted octanol–water partition coefficient (Wildman–Crippen LogP) is 6.04. The Kier molecular flexibility index (Phi) is 13.4. The summed E-state index contributed by atoms with van der Waals surface area (Å²) in [7, 11) is 2.96. The number of hydrogen-bond acceptors (Lipinski definition) is 9. The highest BCUT2D eigenvalue weighted by Crippen LogP contribution is 2.30. The minimum Gasteiger partial charge on any atom is -0.497 e. The summed E-state index contributed by atoms with van der Waals surface area (Å²) >= 11 is 0. The van der Waals surface area contributed by atoms with Gasteiger partial charge in [-0.1, -0.05) is 24.3 Å². The van der Waals surface area contributed by atoms with Gasteiger partial charge in [-0.15, -0.1) is 0 Å². The van der Waals surface area contributed by atoms with Crippen molar-refractivity contribution in [3.05, 3.63) is 124 Å². The van der Waals surface area contributed by atoms with E-state index in [1.165, 1.54) is 73.1 Å². The molecule has 54 heavy (non-hydrogen) atoms. The number of aromatic carboxylic acids is 1. The highest BCUT2D eigenvalue weighted by Gasteiger charge is 2.35. The summed E-state index contributed by atoms with van der Waals surface area (Å²) < 4.78 is 16.0. The van der Waals surface area contributed by atoms with Gasteiger partial charge in [0, 0.05) is 41.5 Å². The number of primary amides is 1. The third-order valence-corrected chi connectivity index (χ3v) is 8.51. The van der Waals surface area contributed by atoms with Crippen molar-refractivity contribution in [2.24, 2.45) is 5.73 Å². The van der Waals surface area contributed by atoms with E-state index in [2.05, 4.69) is 5.32 Å². The fraction of sp³-hybridized carbons (Fsp3) is 0.293. The molecule has 4 aromatic rings. The minimum absolute atomic E-state index is 0.00381. The van der Waals surface area contributed by atoms with Crippen LogP contribution in [0.5, 0.6) is 11.5 Å². The van der Waals surface area contributed by atoms with Gasteiger partial charge in [0.1, 0.15) is 17.1 Å². The Hall–Kier alpha value is -6.37. The van der Waals surface area contributed by atoms with Crippen LogP contribution < -0.4 is 25.4 Å². The Morgan fingerprint density at radius 2 is 1.50 bits per heavy atom. The van der Waals surface area contributed by atoms with E-state index in [9.17, 15) is 34.2 Å². The van der Waals surface area contributed by atoms with E-state index in [1.54, 1.807) is 51.1 Å². The van der Waals surface area contributed by atoms with Crippen LogP contribution in [0.2, 0.25) is 0 Å². The number of carboxylic acid groups (broad SMARTS) is 2. The third kappa shape index (κ3) is 10.8. The van der Waals surface area contributed by atoms with E-state index in [4.69, 9.17) is 19.9 Å². The molecule has 13 heteroatoms. The molecule has 4 aromatic carbocycles. The number of carboxylic acids is 2. The van der Waals surface area contributed by atoms with Gasteiger partial charge in [-0.3, -0.25) is 9.59 Å². The first-order valence-electron chi connectivity index (χ1n) is 17.2. The molecule has 284 valence electrons. The molecule has 0 radical (unpaired) electrons. The van der Waals surface area contributed by atoms with Crippen LogP contribution in [0.4, 0.5) is 10.5 Å². The number of ether oxygens (including phenoxy) is 3. The van der Waals surface area contributed by atoms with Gasteiger partial charge in [0.2, 0.25) is 5.91 Å². The van der Waals surface area contributed by atoms with Crippen LogP contribution in [-0.4, -0.2) is 65.8 Å². The molecule has 0 bridgehead atoms. The monoisotopic (exact) mass is 739 g/mol. The number of carbonyl (C=O) groups excluding carboxylic acids is 3. The number of hydrogen-bond donors (Lipinski definition) is 4. The summed E-state index contributed by atoms with van der Waals surface area (Å²) in [5, 5.41) is 22.3. The second-order valence-corrected chi connectivity index (χ2v) is 13.5. The van der Waals surface area contributed by atoms with Crippen LogP contribution >= 0.6 is 0 Å². The number of anilines is 1. The van der Waals surface area contributed by atoms with E-state index in [0.717, 1.165) is 12.8 Å². The lowest BCUT2D eigenvalue weighted by molar-refractivity contribution is -0.137. The summed E-state index contributed by atoms with van der Waals surface area (Å²) in [5.41, 5.74) is 9.34. The van der Waals surface area contributed by atoms with E-state index < -0.39 is 35.5 Å². The fourth-order valence-corrected chi connectivity index (χ4v) is 5.89. The Bertz CT molecular complexity index is 2000. The number of nitrogens with two attached hydrogens (primary N) is 1. The summed E-state index contributed by atoms with van der Waals surface area (Å²) in [6.07, 6.45) is 2.81. The Morgan fingerprint density at radius 1 is 0.815 bits per heavy atom. The summed E-state index contributed by atoms with van der Waals surface area (Å²) in [6, 6.07) is 20.9. The van der Waals surface area contributed by atoms with Crippen molar-refractivity contribution in [3.63, 3.8) is 0 Å². The molecule has 5 rings (SSSR count). The largest absolute Gasteiger partial charge is 0.497 e. The summed E-state index contributed by atoms with van der Waals surface area (Å²) in [6.45, 7) is 5.20. The van der Waals surface area contributed by atoms with Crippen LogP contribution in [-0.2, 0) is 35.5 Å². The number of fused-ring (bicyclic) bond motifs is 1. The zero-order valence-electron chi connectivity index (χ0n) is 30.9. The van der Waals surface area contributed by atoms with E-state index in [0.29, 0.717) is 33.9 Å². The number of amides is 2. The minimum atomic E-state index is -1.69. The normalized spacial score (nSPS) is 12.2. The number of alkyl carbamates (subject to hydrolysis) is 1. The van der Waals surface area contributed by atoms with Crippen molar-refractivity contribution in [2.75, 3.05) is 19.1 Å². The van der Waals surface area contributed by atoms with Gasteiger partial charge >= 0.3 is 18.0 Å². The highest BCUT2D eigenvalue weighted by molar-refractivity contribution is 6.14. The third-order valence-electron chi connectivity index (χ3n) is 8.51. The maximum Gasteiger partial charge on any atom is 0.407 e. The molecule has 1 atom stereocenters. The first-order valence-corrected chi connectivity index (χ1v) is 17.2. The number of rotatable bonds is 13. The number of ketones is 1. The highest BCUT2D eigenvalue weighted by atomic mass is 16.6. The Labute approximate surface area is 313 Å². The molecule has 0 saturated carbocycles. The van der Waals surface area contributed by atoms with Crippen molar-refractivity contribution in [3.8, 4) is 11.5 Å². The zero-order chi connectivity index (χ0) is 39.6. The van der Waals surface area contributed by atoms with Crippen LogP contribution in [0.15, 0.2) is 84.9 Å². The number of Topliss-reactive ketones (excluding diaryl/α,β-unsaturated/α-hetero) is 1. The molecular formula is C41H45N3O10. The standard InChI is InChI=1S/C31H34N2O9.C10H11NO/c1-31(2,3)42-30(39)32-17-19-7-6-8-21(15-19)27(34)26(29(37)38)33(23-12-9-20(10-13-23)28(35)36)18-22-11-14-24(40-4)16-25(22)41-5;11-10(12)9-5-4-7-2-1-3-8(7)6-9/h6-16,26H,17-18H2,1-5H3,(H,32,39)(H,35,36)(H,37,38);4-6H,1-3H2,(H2,11,12)/t26-;/m0./s1. The molecule has 0 fully saturated rings. The predicted molar refractivity (Wildman–Crippen MR) is 201 cm³/mol. The fourth-order valence-electron chi connectivity index (χ4n) is 5.89. The number of nitrogens with one attached hydrogen (secondary N) is 1. The van der Waals surface area contributed by atoms with E-state index in [1.807, 2.05) is 18.2 Å². The smallest absolute Gasteiger partial charge is 0.407 e. The van der Waals surface area contributed by atoms with Gasteiger partial charge in [-0.05, 0) is 111 Å². The lowest BCUT2D eigenvalue weighted by Gasteiger charge is -2.31. The van der Waals surface area contributed by atoms with Crippen molar-refractivity contribution < 1.29 is 48.4 Å².